The van der Waals surface area contributed by atoms with Gasteiger partial charge in [-0.25, -0.2) is 4.79 Å². The monoisotopic (exact) mass is 270 g/mol. The van der Waals surface area contributed by atoms with Crippen molar-refractivity contribution in [3.8, 4) is 0 Å². The molecular weight excluding hydrogens is 248 g/mol. The quantitative estimate of drug-likeness (QED) is 0.786. The lowest BCUT2D eigenvalue weighted by Crippen LogP contribution is -2.56. The molecule has 2 amide bonds. The molecule has 2 rings (SSSR count). The molecule has 2 atom stereocenters. The smallest absolute Gasteiger partial charge is 0.317 e. The zero-order valence-corrected chi connectivity index (χ0v) is 11.4. The number of carboxylic acids is 1. The molecule has 0 spiro atoms. The molecule has 1 aliphatic carbocycles. The Morgan fingerprint density at radius 1 is 1.32 bits per heavy atom. The summed E-state index contributed by atoms with van der Waals surface area (Å²) in [5, 5.41) is 12.3. The summed E-state index contributed by atoms with van der Waals surface area (Å²) in [4.78, 5) is 25.3. The van der Waals surface area contributed by atoms with Gasteiger partial charge in [0.05, 0.1) is 18.6 Å². The van der Waals surface area contributed by atoms with Gasteiger partial charge in [-0.3, -0.25) is 4.79 Å². The number of nitrogens with one attached hydrogen (secondary N) is 1. The van der Waals surface area contributed by atoms with E-state index in [-0.39, 0.29) is 12.1 Å². The van der Waals surface area contributed by atoms with Crippen molar-refractivity contribution in [2.75, 3.05) is 26.3 Å². The number of urea groups is 1. The van der Waals surface area contributed by atoms with Gasteiger partial charge >= 0.3 is 12.0 Å². The van der Waals surface area contributed by atoms with Crippen LogP contribution in [0.15, 0.2) is 0 Å². The topological polar surface area (TPSA) is 78.9 Å². The first kappa shape index (κ1) is 14.1. The number of rotatable bonds is 2. The molecule has 0 bridgehead atoms. The molecule has 0 radical (unpaired) electrons. The van der Waals surface area contributed by atoms with Gasteiger partial charge in [0.25, 0.3) is 0 Å². The molecule has 6 nitrogen and oxygen atoms in total. The number of carbonyl (C=O) groups is 2. The number of nitrogens with zero attached hydrogens (tertiary/aromatic N) is 1. The number of carbonyl (C=O) groups excluding carboxylic acids is 1. The maximum atomic E-state index is 12.1. The predicted octanol–water partition coefficient (Wildman–Crippen LogP) is 1.06. The van der Waals surface area contributed by atoms with Gasteiger partial charge in [-0.2, -0.15) is 0 Å². The Morgan fingerprint density at radius 3 is 2.63 bits per heavy atom. The minimum absolute atomic E-state index is 0.164. The van der Waals surface area contributed by atoms with Gasteiger partial charge in [0, 0.05) is 19.1 Å². The van der Waals surface area contributed by atoms with E-state index in [1.54, 1.807) is 11.8 Å². The molecule has 2 unspecified atom stereocenters. The highest BCUT2D eigenvalue weighted by molar-refractivity contribution is 5.79. The summed E-state index contributed by atoms with van der Waals surface area (Å²) in [6.07, 6.45) is 3.24. The van der Waals surface area contributed by atoms with Crippen LogP contribution in [0.1, 0.15) is 32.6 Å². The Morgan fingerprint density at radius 2 is 2.00 bits per heavy atom. The summed E-state index contributed by atoms with van der Waals surface area (Å²) in [6.45, 7) is 3.98. The van der Waals surface area contributed by atoms with Crippen LogP contribution in [-0.2, 0) is 9.53 Å². The first-order valence-electron chi connectivity index (χ1n) is 6.90. The number of ether oxygens (including phenoxy) is 1. The van der Waals surface area contributed by atoms with Crippen LogP contribution >= 0.6 is 0 Å². The number of aliphatic carboxylic acids is 1. The molecule has 1 saturated heterocycles. The molecule has 0 aromatic carbocycles. The van der Waals surface area contributed by atoms with Crippen molar-refractivity contribution in [2.24, 2.45) is 5.41 Å². The van der Waals surface area contributed by atoms with Crippen LogP contribution in [0.5, 0.6) is 0 Å². The molecule has 2 N–H and O–H groups in total. The number of amides is 2. The minimum atomic E-state index is -0.847. The normalized spacial score (nSPS) is 31.8. The molecule has 1 saturated carbocycles. The summed E-state index contributed by atoms with van der Waals surface area (Å²) < 4.78 is 5.20. The summed E-state index contributed by atoms with van der Waals surface area (Å²) in [6, 6.07) is -0.447. The Bertz CT molecular complexity index is 355. The maximum Gasteiger partial charge on any atom is 0.317 e. The fourth-order valence-corrected chi connectivity index (χ4v) is 2.83. The number of hydrogen-bond donors (Lipinski definition) is 2. The number of carboxylic acid groups (broad SMARTS) is 1. The lowest BCUT2D eigenvalue weighted by Gasteiger charge is -2.39. The van der Waals surface area contributed by atoms with E-state index in [0.29, 0.717) is 32.7 Å². The average molecular weight is 270 g/mol. The third-order valence-electron chi connectivity index (χ3n) is 4.29. The summed E-state index contributed by atoms with van der Waals surface area (Å²) >= 11 is 0. The molecule has 1 heterocycles. The second-order valence-corrected chi connectivity index (χ2v) is 5.57. The van der Waals surface area contributed by atoms with Crippen molar-refractivity contribution in [3.05, 3.63) is 0 Å². The average Bonchev–Trinajstić information content (AvgIpc) is 2.42. The molecule has 19 heavy (non-hydrogen) atoms. The molecule has 2 fully saturated rings. The SMILES string of the molecule is CC1(C(=O)O)CCCCC1NC(=O)N1CCOCC1. The second-order valence-electron chi connectivity index (χ2n) is 5.57. The summed E-state index contributed by atoms with van der Waals surface area (Å²) in [5.41, 5.74) is -0.847. The van der Waals surface area contributed by atoms with E-state index in [1.807, 2.05) is 0 Å². The lowest BCUT2D eigenvalue weighted by molar-refractivity contribution is -0.151. The standard InChI is InChI=1S/C13H22N2O4/c1-13(11(16)17)5-3-2-4-10(13)14-12(18)15-6-8-19-9-7-15/h10H,2-9H2,1H3,(H,14,18)(H,16,17). The van der Waals surface area contributed by atoms with Crippen LogP contribution in [0, 0.1) is 5.41 Å². The Hall–Kier alpha value is -1.30. The zero-order valence-electron chi connectivity index (χ0n) is 11.4. The van der Waals surface area contributed by atoms with E-state index < -0.39 is 11.4 Å². The van der Waals surface area contributed by atoms with Gasteiger partial charge in [0.1, 0.15) is 0 Å². The van der Waals surface area contributed by atoms with E-state index in [4.69, 9.17) is 4.74 Å². The first-order chi connectivity index (χ1) is 9.04. The van der Waals surface area contributed by atoms with Crippen LogP contribution < -0.4 is 5.32 Å². The highest BCUT2D eigenvalue weighted by Crippen LogP contribution is 2.36. The van der Waals surface area contributed by atoms with Crippen molar-refractivity contribution >= 4 is 12.0 Å². The fraction of sp³-hybridized carbons (Fsp3) is 0.846. The van der Waals surface area contributed by atoms with E-state index in [0.717, 1.165) is 19.3 Å². The lowest BCUT2D eigenvalue weighted by atomic mass is 9.72. The van der Waals surface area contributed by atoms with Gasteiger partial charge in [-0.1, -0.05) is 12.8 Å². The van der Waals surface area contributed by atoms with E-state index >= 15 is 0 Å². The Labute approximate surface area is 113 Å². The number of morpholine rings is 1. The zero-order chi connectivity index (χ0) is 13.9. The second kappa shape index (κ2) is 5.77. The van der Waals surface area contributed by atoms with Crippen LogP contribution in [0.25, 0.3) is 0 Å². The van der Waals surface area contributed by atoms with E-state index in [1.165, 1.54) is 0 Å². The van der Waals surface area contributed by atoms with Crippen LogP contribution in [0.2, 0.25) is 0 Å². The fourth-order valence-electron chi connectivity index (χ4n) is 2.83. The molecule has 1 aliphatic heterocycles. The van der Waals surface area contributed by atoms with Crippen molar-refractivity contribution in [1.82, 2.24) is 10.2 Å². The van der Waals surface area contributed by atoms with Crippen molar-refractivity contribution in [2.45, 2.75) is 38.6 Å². The van der Waals surface area contributed by atoms with Crippen molar-refractivity contribution < 1.29 is 19.4 Å². The molecule has 108 valence electrons. The summed E-state index contributed by atoms with van der Waals surface area (Å²) in [5.74, 6) is -0.820. The van der Waals surface area contributed by atoms with E-state index in [2.05, 4.69) is 5.32 Å². The number of hydrogen-bond acceptors (Lipinski definition) is 3. The van der Waals surface area contributed by atoms with Crippen LogP contribution in [0.3, 0.4) is 0 Å². The van der Waals surface area contributed by atoms with Gasteiger partial charge in [0.15, 0.2) is 0 Å². The molecule has 0 aromatic rings. The molecular formula is C13H22N2O4. The molecule has 2 aliphatic rings. The Kier molecular flexibility index (Phi) is 4.29. The maximum absolute atomic E-state index is 12.1. The third kappa shape index (κ3) is 3.00. The highest BCUT2D eigenvalue weighted by Gasteiger charge is 2.44. The molecule has 6 heteroatoms. The van der Waals surface area contributed by atoms with Crippen molar-refractivity contribution in [1.29, 1.82) is 0 Å². The predicted molar refractivity (Wildman–Crippen MR) is 68.9 cm³/mol. The van der Waals surface area contributed by atoms with Crippen LogP contribution in [0.4, 0.5) is 4.79 Å². The van der Waals surface area contributed by atoms with Gasteiger partial charge in [-0.15, -0.1) is 0 Å². The summed E-state index contributed by atoms with van der Waals surface area (Å²) in [7, 11) is 0. The van der Waals surface area contributed by atoms with Gasteiger partial charge < -0.3 is 20.1 Å². The van der Waals surface area contributed by atoms with Gasteiger partial charge in [-0.05, 0) is 19.8 Å². The van der Waals surface area contributed by atoms with E-state index in [9.17, 15) is 14.7 Å². The highest BCUT2D eigenvalue weighted by atomic mass is 16.5. The minimum Gasteiger partial charge on any atom is -0.481 e. The first-order valence-corrected chi connectivity index (χ1v) is 6.90. The van der Waals surface area contributed by atoms with Gasteiger partial charge in [0.2, 0.25) is 0 Å². The Balaban J connectivity index is 1.99. The largest absolute Gasteiger partial charge is 0.481 e. The van der Waals surface area contributed by atoms with Crippen molar-refractivity contribution in [3.63, 3.8) is 0 Å². The van der Waals surface area contributed by atoms with Crippen LogP contribution in [-0.4, -0.2) is 54.4 Å². The third-order valence-corrected chi connectivity index (χ3v) is 4.29. The molecule has 0 aromatic heterocycles.